The Bertz CT molecular complexity index is 617. The Balaban J connectivity index is 2.53. The number of carbonyl (C=O) groups is 2. The van der Waals surface area contributed by atoms with E-state index in [0.29, 0.717) is 11.1 Å². The fourth-order valence-corrected chi connectivity index (χ4v) is 1.68. The van der Waals surface area contributed by atoms with Gasteiger partial charge in [0, 0.05) is 5.56 Å². The molecule has 0 bridgehead atoms. The van der Waals surface area contributed by atoms with Crippen molar-refractivity contribution in [2.24, 2.45) is 0 Å². The number of phenols is 1. The van der Waals surface area contributed by atoms with Crippen molar-refractivity contribution >= 4 is 12.3 Å². The number of carbonyl (C=O) groups excluding carboxylic acids is 1. The average molecular weight is 242 g/mol. The van der Waals surface area contributed by atoms with Crippen molar-refractivity contribution in [3.05, 3.63) is 53.6 Å². The summed E-state index contributed by atoms with van der Waals surface area (Å²) in [6.45, 7) is 0. The summed E-state index contributed by atoms with van der Waals surface area (Å²) in [4.78, 5) is 21.6. The molecule has 4 heteroatoms. The second-order valence-corrected chi connectivity index (χ2v) is 3.78. The number of aldehydes is 1. The van der Waals surface area contributed by atoms with Gasteiger partial charge in [0.15, 0.2) is 0 Å². The maximum atomic E-state index is 10.9. The Morgan fingerprint density at radius 3 is 2.44 bits per heavy atom. The predicted octanol–water partition coefficient (Wildman–Crippen LogP) is 2.57. The molecule has 0 saturated heterocycles. The highest BCUT2D eigenvalue weighted by Gasteiger charge is 2.11. The first-order valence-corrected chi connectivity index (χ1v) is 5.24. The van der Waals surface area contributed by atoms with Crippen LogP contribution in [-0.4, -0.2) is 22.5 Å². The summed E-state index contributed by atoms with van der Waals surface area (Å²) < 4.78 is 0. The molecule has 0 aliphatic carbocycles. The summed E-state index contributed by atoms with van der Waals surface area (Å²) in [5.74, 6) is -1.47. The molecular formula is C14H10O4. The molecule has 0 aliphatic heterocycles. The molecule has 0 spiro atoms. The maximum Gasteiger partial charge on any atom is 0.339 e. The molecular weight excluding hydrogens is 232 g/mol. The third-order valence-corrected chi connectivity index (χ3v) is 2.58. The molecule has 0 heterocycles. The van der Waals surface area contributed by atoms with Gasteiger partial charge in [-0.25, -0.2) is 4.79 Å². The Morgan fingerprint density at radius 1 is 1.06 bits per heavy atom. The zero-order valence-corrected chi connectivity index (χ0v) is 9.33. The Hall–Kier alpha value is -2.62. The standard InChI is InChI=1S/C14H10O4/c15-8-9-2-1-3-10(6-9)11-4-5-13(16)12(7-11)14(17)18/h1-8,16H,(H,17,18). The molecule has 4 nitrogen and oxygen atoms in total. The number of aromatic carboxylic acids is 1. The first-order valence-electron chi connectivity index (χ1n) is 5.24. The first kappa shape index (κ1) is 11.9. The largest absolute Gasteiger partial charge is 0.507 e. The molecule has 2 rings (SSSR count). The average Bonchev–Trinajstić information content (AvgIpc) is 2.39. The highest BCUT2D eigenvalue weighted by Crippen LogP contribution is 2.26. The van der Waals surface area contributed by atoms with E-state index in [9.17, 15) is 14.7 Å². The normalized spacial score (nSPS) is 10.0. The minimum atomic E-state index is -1.19. The molecule has 0 amide bonds. The predicted molar refractivity (Wildman–Crippen MR) is 65.9 cm³/mol. The lowest BCUT2D eigenvalue weighted by Crippen LogP contribution is -1.97. The Kier molecular flexibility index (Phi) is 3.10. The second-order valence-electron chi connectivity index (χ2n) is 3.78. The van der Waals surface area contributed by atoms with E-state index in [1.54, 1.807) is 30.3 Å². The highest BCUT2D eigenvalue weighted by atomic mass is 16.4. The molecule has 0 unspecified atom stereocenters. The van der Waals surface area contributed by atoms with Crippen molar-refractivity contribution in [3.8, 4) is 16.9 Å². The topological polar surface area (TPSA) is 74.6 Å². The molecule has 0 saturated carbocycles. The molecule has 0 fully saturated rings. The molecule has 0 aromatic heterocycles. The quantitative estimate of drug-likeness (QED) is 0.811. The van der Waals surface area contributed by atoms with Crippen LogP contribution in [0.1, 0.15) is 20.7 Å². The fraction of sp³-hybridized carbons (Fsp3) is 0. The minimum absolute atomic E-state index is 0.163. The van der Waals surface area contributed by atoms with E-state index in [0.717, 1.165) is 11.8 Å². The number of hydrogen-bond donors (Lipinski definition) is 2. The number of carboxylic acids is 1. The van der Waals surface area contributed by atoms with Crippen LogP contribution in [-0.2, 0) is 0 Å². The van der Waals surface area contributed by atoms with Crippen LogP contribution in [0, 0.1) is 0 Å². The van der Waals surface area contributed by atoms with Crippen LogP contribution in [0.25, 0.3) is 11.1 Å². The molecule has 2 aromatic carbocycles. The molecule has 0 atom stereocenters. The van der Waals surface area contributed by atoms with Crippen LogP contribution in [0.4, 0.5) is 0 Å². The number of rotatable bonds is 3. The SMILES string of the molecule is O=Cc1cccc(-c2ccc(O)c(C(=O)O)c2)c1. The summed E-state index contributed by atoms with van der Waals surface area (Å²) in [5.41, 5.74) is 1.71. The number of hydrogen-bond acceptors (Lipinski definition) is 3. The van der Waals surface area contributed by atoms with Crippen molar-refractivity contribution in [3.63, 3.8) is 0 Å². The van der Waals surface area contributed by atoms with E-state index < -0.39 is 5.97 Å². The summed E-state index contributed by atoms with van der Waals surface area (Å²) in [5, 5.41) is 18.3. The maximum absolute atomic E-state index is 10.9. The lowest BCUT2D eigenvalue weighted by atomic mass is 10.0. The second kappa shape index (κ2) is 4.71. The Morgan fingerprint density at radius 2 is 1.78 bits per heavy atom. The lowest BCUT2D eigenvalue weighted by molar-refractivity contribution is 0.0693. The van der Waals surface area contributed by atoms with Gasteiger partial charge >= 0.3 is 5.97 Å². The first-order chi connectivity index (χ1) is 8.61. The molecule has 2 aromatic rings. The van der Waals surface area contributed by atoms with Gasteiger partial charge in [0.1, 0.15) is 17.6 Å². The molecule has 0 aliphatic rings. The molecule has 18 heavy (non-hydrogen) atoms. The van der Waals surface area contributed by atoms with Gasteiger partial charge in [-0.1, -0.05) is 24.3 Å². The Labute approximate surface area is 103 Å². The van der Waals surface area contributed by atoms with Crippen molar-refractivity contribution < 1.29 is 19.8 Å². The van der Waals surface area contributed by atoms with Crippen LogP contribution in [0.15, 0.2) is 42.5 Å². The third kappa shape index (κ3) is 2.22. The smallest absolute Gasteiger partial charge is 0.339 e. The van der Waals surface area contributed by atoms with Crippen molar-refractivity contribution in [1.29, 1.82) is 0 Å². The van der Waals surface area contributed by atoms with E-state index in [2.05, 4.69) is 0 Å². The molecule has 2 N–H and O–H groups in total. The van der Waals surface area contributed by atoms with Gasteiger partial charge < -0.3 is 10.2 Å². The van der Waals surface area contributed by atoms with Crippen molar-refractivity contribution in [1.82, 2.24) is 0 Å². The van der Waals surface area contributed by atoms with Gasteiger partial charge in [-0.05, 0) is 29.3 Å². The minimum Gasteiger partial charge on any atom is -0.507 e. The van der Waals surface area contributed by atoms with Gasteiger partial charge in [0.25, 0.3) is 0 Å². The fourth-order valence-electron chi connectivity index (χ4n) is 1.68. The zero-order chi connectivity index (χ0) is 13.1. The monoisotopic (exact) mass is 242 g/mol. The number of carboxylic acid groups (broad SMARTS) is 1. The molecule has 0 radical (unpaired) electrons. The van der Waals surface area contributed by atoms with E-state index >= 15 is 0 Å². The van der Waals surface area contributed by atoms with Gasteiger partial charge in [0.05, 0.1) is 0 Å². The van der Waals surface area contributed by atoms with Gasteiger partial charge in [-0.15, -0.1) is 0 Å². The van der Waals surface area contributed by atoms with Gasteiger partial charge in [-0.3, -0.25) is 4.79 Å². The van der Waals surface area contributed by atoms with Crippen molar-refractivity contribution in [2.75, 3.05) is 0 Å². The van der Waals surface area contributed by atoms with Crippen LogP contribution >= 0.6 is 0 Å². The summed E-state index contributed by atoms with van der Waals surface area (Å²) in [6, 6.07) is 11.1. The van der Waals surface area contributed by atoms with E-state index in [1.165, 1.54) is 12.1 Å². The van der Waals surface area contributed by atoms with Crippen LogP contribution in [0.5, 0.6) is 5.75 Å². The van der Waals surface area contributed by atoms with Gasteiger partial charge in [0.2, 0.25) is 0 Å². The lowest BCUT2D eigenvalue weighted by Gasteiger charge is -2.05. The summed E-state index contributed by atoms with van der Waals surface area (Å²) >= 11 is 0. The van der Waals surface area contributed by atoms with Crippen LogP contribution in [0.3, 0.4) is 0 Å². The summed E-state index contributed by atoms with van der Waals surface area (Å²) in [7, 11) is 0. The van der Waals surface area contributed by atoms with E-state index in [1.807, 2.05) is 0 Å². The third-order valence-electron chi connectivity index (χ3n) is 2.58. The highest BCUT2D eigenvalue weighted by molar-refractivity contribution is 5.92. The number of benzene rings is 2. The summed E-state index contributed by atoms with van der Waals surface area (Å²) in [6.07, 6.45) is 0.724. The van der Waals surface area contributed by atoms with Crippen LogP contribution < -0.4 is 0 Å². The van der Waals surface area contributed by atoms with Crippen LogP contribution in [0.2, 0.25) is 0 Å². The van der Waals surface area contributed by atoms with Crippen molar-refractivity contribution in [2.45, 2.75) is 0 Å². The van der Waals surface area contributed by atoms with E-state index in [4.69, 9.17) is 5.11 Å². The van der Waals surface area contributed by atoms with E-state index in [-0.39, 0.29) is 11.3 Å². The zero-order valence-electron chi connectivity index (χ0n) is 9.33. The number of aromatic hydroxyl groups is 1. The van der Waals surface area contributed by atoms with Gasteiger partial charge in [-0.2, -0.15) is 0 Å². The molecule has 90 valence electrons.